The van der Waals surface area contributed by atoms with Crippen molar-refractivity contribution >= 4 is 33.9 Å². The Hall–Kier alpha value is -2.08. The van der Waals surface area contributed by atoms with Gasteiger partial charge < -0.3 is 14.7 Å². The summed E-state index contributed by atoms with van der Waals surface area (Å²) < 4.78 is 5.49. The van der Waals surface area contributed by atoms with Crippen LogP contribution in [0.5, 0.6) is 5.75 Å². The highest BCUT2D eigenvalue weighted by molar-refractivity contribution is 9.10. The molecule has 0 unspecified atom stereocenters. The topological polar surface area (TPSA) is 66.8 Å². The van der Waals surface area contributed by atoms with Crippen molar-refractivity contribution in [3.8, 4) is 5.75 Å². The van der Waals surface area contributed by atoms with Gasteiger partial charge in [-0.25, -0.2) is 4.79 Å². The first-order valence-corrected chi connectivity index (χ1v) is 6.94. The number of hydrogen-bond acceptors (Lipinski definition) is 4. The van der Waals surface area contributed by atoms with Gasteiger partial charge in [0.25, 0.3) is 5.91 Å². The van der Waals surface area contributed by atoms with E-state index in [4.69, 9.17) is 4.74 Å². The van der Waals surface area contributed by atoms with Crippen LogP contribution in [0.15, 0.2) is 39.5 Å². The molecular weight excluding hydrogens is 338 g/mol. The normalized spacial score (nSPS) is 16.9. The average Bonchev–Trinajstić information content (AvgIpc) is 2.67. The zero-order chi connectivity index (χ0) is 15.7. The molecule has 21 heavy (non-hydrogen) atoms. The summed E-state index contributed by atoms with van der Waals surface area (Å²) in [5.74, 6) is -0.867. The highest BCUT2D eigenvalue weighted by Crippen LogP contribution is 2.32. The number of carbonyl (C=O) groups excluding carboxylic acids is 2. The number of methoxy groups -OCH3 is 1. The third kappa shape index (κ3) is 2.71. The number of nitrogens with zero attached hydrogens (tertiary/aromatic N) is 1. The second-order valence-corrected chi connectivity index (χ2v) is 5.49. The highest BCUT2D eigenvalue weighted by atomic mass is 79.9. The number of benzene rings is 1. The first kappa shape index (κ1) is 15.3. The van der Waals surface area contributed by atoms with Crippen LogP contribution in [0.2, 0.25) is 0 Å². The van der Waals surface area contributed by atoms with Crippen molar-refractivity contribution in [2.24, 2.45) is 0 Å². The number of hydrogen-bond donors (Lipinski definition) is 1. The van der Waals surface area contributed by atoms with Gasteiger partial charge in [-0.3, -0.25) is 4.79 Å². The molecule has 0 aliphatic carbocycles. The lowest BCUT2D eigenvalue weighted by molar-refractivity contribution is -0.136. The van der Waals surface area contributed by atoms with Gasteiger partial charge in [-0.15, -0.1) is 0 Å². The highest BCUT2D eigenvalue weighted by Gasteiger charge is 2.34. The number of rotatable bonds is 2. The molecule has 110 valence electrons. The van der Waals surface area contributed by atoms with E-state index >= 15 is 0 Å². The predicted molar refractivity (Wildman–Crippen MR) is 81.3 cm³/mol. The van der Waals surface area contributed by atoms with Crippen LogP contribution >= 0.6 is 15.9 Å². The molecule has 1 N–H and O–H groups in total. The molecule has 2 rings (SSSR count). The van der Waals surface area contributed by atoms with Crippen LogP contribution < -0.4 is 0 Å². The molecule has 1 aromatic rings. The van der Waals surface area contributed by atoms with Crippen LogP contribution in [-0.4, -0.2) is 36.0 Å². The van der Waals surface area contributed by atoms with E-state index in [1.54, 1.807) is 26.1 Å². The molecule has 1 aromatic carbocycles. The van der Waals surface area contributed by atoms with Crippen molar-refractivity contribution in [3.05, 3.63) is 45.1 Å². The average molecular weight is 352 g/mol. The fourth-order valence-corrected chi connectivity index (χ4v) is 2.47. The first-order chi connectivity index (χ1) is 9.86. The Labute approximate surface area is 130 Å². The Morgan fingerprint density at radius 3 is 2.71 bits per heavy atom. The largest absolute Gasteiger partial charge is 0.507 e. The minimum absolute atomic E-state index is 0.0231. The van der Waals surface area contributed by atoms with Gasteiger partial charge in [-0.2, -0.15) is 0 Å². The zero-order valence-corrected chi connectivity index (χ0v) is 13.4. The molecule has 0 radical (unpaired) electrons. The van der Waals surface area contributed by atoms with Gasteiger partial charge in [0, 0.05) is 22.8 Å². The lowest BCUT2D eigenvalue weighted by Crippen LogP contribution is -2.19. The van der Waals surface area contributed by atoms with Gasteiger partial charge in [-0.05, 0) is 31.2 Å². The second kappa shape index (κ2) is 5.73. The monoisotopic (exact) mass is 351 g/mol. The van der Waals surface area contributed by atoms with E-state index in [1.807, 2.05) is 0 Å². The molecule has 1 aliphatic rings. The Bertz CT molecular complexity index is 691. The number of allylic oxidation sites excluding steroid dienone is 1. The van der Waals surface area contributed by atoms with Gasteiger partial charge in [0.15, 0.2) is 0 Å². The minimum atomic E-state index is -0.578. The number of aromatic hydroxyl groups is 1. The first-order valence-electron chi connectivity index (χ1n) is 6.14. The van der Waals surface area contributed by atoms with Crippen LogP contribution in [0.1, 0.15) is 12.5 Å². The number of phenolic OH excluding ortho intramolecular Hbond substituents is 1. The van der Waals surface area contributed by atoms with E-state index in [-0.39, 0.29) is 22.8 Å². The van der Waals surface area contributed by atoms with Gasteiger partial charge in [-0.1, -0.05) is 15.9 Å². The molecule has 0 aromatic heterocycles. The summed E-state index contributed by atoms with van der Waals surface area (Å²) in [7, 11) is 2.85. The van der Waals surface area contributed by atoms with Crippen LogP contribution in [0.3, 0.4) is 0 Å². The van der Waals surface area contributed by atoms with E-state index in [2.05, 4.69) is 15.9 Å². The van der Waals surface area contributed by atoms with Gasteiger partial charge in [0.1, 0.15) is 5.75 Å². The van der Waals surface area contributed by atoms with E-state index < -0.39 is 5.97 Å². The van der Waals surface area contributed by atoms with Crippen molar-refractivity contribution in [1.82, 2.24) is 4.90 Å². The molecule has 0 fully saturated rings. The number of carbonyl (C=O) groups is 2. The van der Waals surface area contributed by atoms with E-state index in [1.165, 1.54) is 24.2 Å². The van der Waals surface area contributed by atoms with Crippen LogP contribution in [0, 0.1) is 0 Å². The third-order valence-corrected chi connectivity index (χ3v) is 3.84. The Morgan fingerprint density at radius 2 is 2.10 bits per heavy atom. The quantitative estimate of drug-likeness (QED) is 0.656. The summed E-state index contributed by atoms with van der Waals surface area (Å²) >= 11 is 3.30. The van der Waals surface area contributed by atoms with Crippen molar-refractivity contribution in [2.45, 2.75) is 6.92 Å². The molecule has 0 spiro atoms. The molecule has 1 amide bonds. The van der Waals surface area contributed by atoms with E-state index in [0.717, 1.165) is 4.47 Å². The lowest BCUT2D eigenvalue weighted by atomic mass is 10.0. The summed E-state index contributed by atoms with van der Waals surface area (Å²) in [6.45, 7) is 1.67. The Morgan fingerprint density at radius 1 is 1.43 bits per heavy atom. The maximum Gasteiger partial charge on any atom is 0.340 e. The number of amides is 1. The molecular formula is C15H14BrNO4. The third-order valence-electron chi connectivity index (χ3n) is 3.35. The lowest BCUT2D eigenvalue weighted by Gasteiger charge is -2.08. The fraction of sp³-hybridized carbons (Fsp3) is 0.200. The van der Waals surface area contributed by atoms with E-state index in [9.17, 15) is 14.7 Å². The SMILES string of the molecule is COC(=O)C1=C(C)N(C)C(=O)/C1=C\c1cc(Br)ccc1O. The van der Waals surface area contributed by atoms with Crippen LogP contribution in [0.25, 0.3) is 6.08 Å². The fourth-order valence-electron chi connectivity index (χ4n) is 2.09. The molecule has 0 saturated heterocycles. The number of esters is 1. The number of phenols is 1. The minimum Gasteiger partial charge on any atom is -0.507 e. The van der Waals surface area contributed by atoms with Gasteiger partial charge in [0.2, 0.25) is 0 Å². The van der Waals surface area contributed by atoms with Crippen LogP contribution in [0.4, 0.5) is 0 Å². The molecule has 6 heteroatoms. The summed E-state index contributed by atoms with van der Waals surface area (Å²) in [6, 6.07) is 4.86. The Kier molecular flexibility index (Phi) is 4.18. The maximum atomic E-state index is 12.3. The number of likely N-dealkylation sites (N-methyl/N-ethyl adjacent to an activating group) is 1. The van der Waals surface area contributed by atoms with Crippen LogP contribution in [-0.2, 0) is 14.3 Å². The summed E-state index contributed by atoms with van der Waals surface area (Å²) in [6.07, 6.45) is 1.49. The Balaban J connectivity index is 2.60. The molecule has 0 bridgehead atoms. The van der Waals surface area contributed by atoms with Crippen molar-refractivity contribution in [2.75, 3.05) is 14.2 Å². The molecule has 5 nitrogen and oxygen atoms in total. The summed E-state index contributed by atoms with van der Waals surface area (Å²) in [5.41, 5.74) is 1.38. The van der Waals surface area contributed by atoms with Gasteiger partial charge in [0.05, 0.1) is 18.3 Å². The molecule has 1 heterocycles. The van der Waals surface area contributed by atoms with Gasteiger partial charge >= 0.3 is 5.97 Å². The summed E-state index contributed by atoms with van der Waals surface area (Å²) in [5, 5.41) is 9.87. The molecule has 0 saturated carbocycles. The van der Waals surface area contributed by atoms with Crippen molar-refractivity contribution in [1.29, 1.82) is 0 Å². The number of halogens is 1. The maximum absolute atomic E-state index is 12.3. The standard InChI is InChI=1S/C15H14BrNO4/c1-8-13(15(20)21-3)11(14(19)17(8)2)7-9-6-10(16)4-5-12(9)18/h4-7,18H,1-3H3/b11-7-. The smallest absolute Gasteiger partial charge is 0.340 e. The predicted octanol–water partition coefficient (Wildman–Crippen LogP) is 2.46. The molecule has 1 aliphatic heterocycles. The van der Waals surface area contributed by atoms with Crippen molar-refractivity contribution in [3.63, 3.8) is 0 Å². The van der Waals surface area contributed by atoms with Crippen molar-refractivity contribution < 1.29 is 19.4 Å². The second-order valence-electron chi connectivity index (χ2n) is 4.58. The molecule has 0 atom stereocenters. The number of ether oxygens (including phenoxy) is 1. The van der Waals surface area contributed by atoms with E-state index in [0.29, 0.717) is 11.3 Å². The zero-order valence-electron chi connectivity index (χ0n) is 11.8. The summed E-state index contributed by atoms with van der Waals surface area (Å²) in [4.78, 5) is 25.5.